The summed E-state index contributed by atoms with van der Waals surface area (Å²) in [6.45, 7) is 8.87. The number of benzene rings is 2. The molecule has 2 aromatic carbocycles. The predicted molar refractivity (Wildman–Crippen MR) is 181 cm³/mol. The number of fused-ring (bicyclic) bond motifs is 1. The van der Waals surface area contributed by atoms with Gasteiger partial charge in [0.25, 0.3) is 0 Å². The summed E-state index contributed by atoms with van der Waals surface area (Å²) in [4.78, 5) is 36.9. The minimum absolute atomic E-state index is 0.00619. The number of carbonyl (C=O) groups excluding carboxylic acids is 3. The summed E-state index contributed by atoms with van der Waals surface area (Å²) in [5.74, 6) is 0.164. The van der Waals surface area contributed by atoms with Crippen LogP contribution in [0, 0.1) is 0 Å². The first-order valence-corrected chi connectivity index (χ1v) is 16.2. The number of allylic oxidation sites excluding steroid dienone is 4. The molecule has 2 aromatic rings. The van der Waals surface area contributed by atoms with Gasteiger partial charge in [0.15, 0.2) is 0 Å². The highest BCUT2D eigenvalue weighted by atomic mass is 32.2. The summed E-state index contributed by atoms with van der Waals surface area (Å²) < 4.78 is 0. The van der Waals surface area contributed by atoms with Gasteiger partial charge >= 0.3 is 0 Å². The molecule has 6 N–H and O–H groups in total. The maximum atomic E-state index is 13.0. The molecule has 8 nitrogen and oxygen atoms in total. The van der Waals surface area contributed by atoms with Crippen molar-refractivity contribution in [2.24, 2.45) is 5.73 Å². The van der Waals surface area contributed by atoms with Crippen LogP contribution in [-0.4, -0.2) is 54.8 Å². The average molecular weight is 608 g/mol. The SMILES string of the molecule is C/C1=C/SC/C=C\C/C=C\C1.CC.CC(=O)NCNC(=O)[C@@H](Cc1cccc2ccccc12)NC(=O)C1(N)CCNCC1. The monoisotopic (exact) mass is 607 g/mol. The van der Waals surface area contributed by atoms with E-state index in [1.807, 2.05) is 68.1 Å². The van der Waals surface area contributed by atoms with Crippen molar-refractivity contribution in [2.75, 3.05) is 25.5 Å². The number of hydrogen-bond donors (Lipinski definition) is 5. The van der Waals surface area contributed by atoms with Crippen LogP contribution in [0.3, 0.4) is 0 Å². The highest BCUT2D eigenvalue weighted by Gasteiger charge is 2.37. The van der Waals surface area contributed by atoms with Crippen molar-refractivity contribution >= 4 is 40.3 Å². The van der Waals surface area contributed by atoms with Gasteiger partial charge < -0.3 is 27.0 Å². The average Bonchev–Trinajstić information content (AvgIpc) is 3.01. The van der Waals surface area contributed by atoms with E-state index in [1.165, 1.54) is 12.5 Å². The largest absolute Gasteiger partial charge is 0.342 e. The van der Waals surface area contributed by atoms with Crippen LogP contribution in [0.2, 0.25) is 0 Å². The Bertz CT molecular complexity index is 1260. The Hall–Kier alpha value is -3.40. The first kappa shape index (κ1) is 35.8. The van der Waals surface area contributed by atoms with Crippen LogP contribution in [0.5, 0.6) is 0 Å². The van der Waals surface area contributed by atoms with Crippen LogP contribution < -0.4 is 27.0 Å². The maximum Gasteiger partial charge on any atom is 0.244 e. The fourth-order valence-electron chi connectivity index (χ4n) is 4.58. The van der Waals surface area contributed by atoms with E-state index in [1.54, 1.807) is 0 Å². The molecule has 3 amide bonds. The van der Waals surface area contributed by atoms with Crippen LogP contribution >= 0.6 is 11.8 Å². The van der Waals surface area contributed by atoms with Crippen molar-refractivity contribution in [1.29, 1.82) is 0 Å². The van der Waals surface area contributed by atoms with Gasteiger partial charge in [0.2, 0.25) is 17.7 Å². The van der Waals surface area contributed by atoms with E-state index < -0.39 is 11.6 Å². The zero-order valence-electron chi connectivity index (χ0n) is 26.1. The first-order valence-electron chi connectivity index (χ1n) is 15.1. The highest BCUT2D eigenvalue weighted by molar-refractivity contribution is 8.02. The molecule has 4 rings (SSSR count). The lowest BCUT2D eigenvalue weighted by molar-refractivity contribution is -0.132. The molecule has 2 heterocycles. The van der Waals surface area contributed by atoms with Crippen LogP contribution in [0.25, 0.3) is 10.8 Å². The third-order valence-electron chi connectivity index (χ3n) is 7.00. The number of nitrogens with one attached hydrogen (secondary N) is 4. The smallest absolute Gasteiger partial charge is 0.244 e. The van der Waals surface area contributed by atoms with Gasteiger partial charge in [0.1, 0.15) is 6.04 Å². The molecule has 0 radical (unpaired) electrons. The van der Waals surface area contributed by atoms with E-state index >= 15 is 0 Å². The number of amides is 3. The summed E-state index contributed by atoms with van der Waals surface area (Å²) in [6.07, 6.45) is 12.4. The zero-order valence-corrected chi connectivity index (χ0v) is 26.9. The minimum Gasteiger partial charge on any atom is -0.342 e. The second kappa shape index (κ2) is 19.7. The van der Waals surface area contributed by atoms with Gasteiger partial charge in [0.05, 0.1) is 12.2 Å². The van der Waals surface area contributed by atoms with Crippen LogP contribution in [0.1, 0.15) is 58.9 Å². The maximum absolute atomic E-state index is 13.0. The molecule has 0 aliphatic carbocycles. The van der Waals surface area contributed by atoms with Crippen molar-refractivity contribution in [1.82, 2.24) is 21.3 Å². The molecule has 0 spiro atoms. The predicted octanol–water partition coefficient (Wildman–Crippen LogP) is 4.71. The molecule has 2 aliphatic rings. The van der Waals surface area contributed by atoms with Crippen LogP contribution in [-0.2, 0) is 20.8 Å². The molecule has 0 unspecified atom stereocenters. The van der Waals surface area contributed by atoms with E-state index in [9.17, 15) is 14.4 Å². The van der Waals surface area contributed by atoms with Gasteiger partial charge in [-0.05, 0) is 67.4 Å². The molecule has 43 heavy (non-hydrogen) atoms. The van der Waals surface area contributed by atoms with Crippen molar-refractivity contribution in [3.63, 3.8) is 0 Å². The van der Waals surface area contributed by atoms with Gasteiger partial charge in [-0.3, -0.25) is 14.4 Å². The summed E-state index contributed by atoms with van der Waals surface area (Å²) in [7, 11) is 0. The Balaban J connectivity index is 0.000000415. The molecular weight excluding hydrogens is 558 g/mol. The number of nitrogens with two attached hydrogens (primary N) is 1. The van der Waals surface area contributed by atoms with Crippen molar-refractivity contribution in [2.45, 2.75) is 71.4 Å². The summed E-state index contributed by atoms with van der Waals surface area (Å²) in [6, 6.07) is 13.0. The number of hydrogen-bond acceptors (Lipinski definition) is 6. The Kier molecular flexibility index (Phi) is 16.4. The third kappa shape index (κ3) is 12.8. The fraction of sp³-hybridized carbons (Fsp3) is 0.441. The molecule has 2 aliphatic heterocycles. The number of rotatable bonds is 7. The normalized spacial score (nSPS) is 19.3. The topological polar surface area (TPSA) is 125 Å². The first-order chi connectivity index (χ1) is 20.8. The summed E-state index contributed by atoms with van der Waals surface area (Å²) in [5, 5.41) is 15.6. The molecule has 0 aromatic heterocycles. The second-order valence-electron chi connectivity index (χ2n) is 10.4. The lowest BCUT2D eigenvalue weighted by atomic mass is 9.88. The quantitative estimate of drug-likeness (QED) is 0.229. The Morgan fingerprint density at radius 1 is 0.977 bits per heavy atom. The van der Waals surface area contributed by atoms with Crippen molar-refractivity contribution in [3.05, 3.63) is 83.3 Å². The second-order valence-corrected chi connectivity index (χ2v) is 11.3. The summed E-state index contributed by atoms with van der Waals surface area (Å²) >= 11 is 1.88. The number of carbonyl (C=O) groups is 3. The Morgan fingerprint density at radius 2 is 1.67 bits per heavy atom. The number of thioether (sulfide) groups is 1. The van der Waals surface area contributed by atoms with Gasteiger partial charge in [-0.1, -0.05) is 86.2 Å². The van der Waals surface area contributed by atoms with E-state index in [-0.39, 0.29) is 24.4 Å². The molecule has 0 bridgehead atoms. The zero-order chi connectivity index (χ0) is 31.5. The van der Waals surface area contributed by atoms with Crippen LogP contribution in [0.4, 0.5) is 0 Å². The van der Waals surface area contributed by atoms with Gasteiger partial charge in [-0.15, -0.1) is 11.8 Å². The molecule has 9 heteroatoms. The van der Waals surface area contributed by atoms with Gasteiger partial charge in [-0.25, -0.2) is 0 Å². The van der Waals surface area contributed by atoms with Gasteiger partial charge in [0, 0.05) is 19.1 Å². The standard InChI is InChI=1S/C22H29N5O3.C10H14S.C2H6/c1-15(28)25-14-26-20(29)19(27-21(30)22(23)9-11-24-12-10-22)13-17-7-4-6-16-5-2-3-8-18(16)17;1-10-7-5-3-2-4-6-8-11-9-10;1-2/h2-8,19,24H,9-14,23H2,1H3,(H,25,28)(H,26,29)(H,27,30);3-6,9H,2,7-8H2,1H3;1-2H3/b;5-3-,6-4-,10-9-;/t19-;;/m1../s1. The van der Waals surface area contributed by atoms with E-state index in [0.29, 0.717) is 32.4 Å². The van der Waals surface area contributed by atoms with Gasteiger partial charge in [-0.2, -0.15) is 0 Å². The van der Waals surface area contributed by atoms with Crippen LogP contribution in [0.15, 0.2) is 77.7 Å². The fourth-order valence-corrected chi connectivity index (χ4v) is 5.31. The summed E-state index contributed by atoms with van der Waals surface area (Å²) in [5.41, 5.74) is 7.74. The third-order valence-corrected chi connectivity index (χ3v) is 7.95. The van der Waals surface area contributed by atoms with E-state index in [4.69, 9.17) is 5.73 Å². The Morgan fingerprint density at radius 3 is 2.42 bits per heavy atom. The highest BCUT2D eigenvalue weighted by Crippen LogP contribution is 2.21. The Labute approximate surface area is 261 Å². The molecule has 1 saturated heterocycles. The van der Waals surface area contributed by atoms with E-state index in [2.05, 4.69) is 57.9 Å². The van der Waals surface area contributed by atoms with Crippen molar-refractivity contribution < 1.29 is 14.4 Å². The molecule has 0 saturated carbocycles. The molecule has 234 valence electrons. The molecular formula is C34H49N5O3S. The number of piperidine rings is 1. The lowest BCUT2D eigenvalue weighted by Crippen LogP contribution is -2.62. The lowest BCUT2D eigenvalue weighted by Gasteiger charge is -2.33. The van der Waals surface area contributed by atoms with Crippen molar-refractivity contribution in [3.8, 4) is 0 Å². The minimum atomic E-state index is -1.000. The molecule has 1 atom stereocenters. The molecule has 1 fully saturated rings. The van der Waals surface area contributed by atoms with E-state index in [0.717, 1.165) is 34.9 Å².